The first-order valence-corrected chi connectivity index (χ1v) is 11.4. The molecule has 4 rings (SSSR count). The Morgan fingerprint density at radius 1 is 1.13 bits per heavy atom. The van der Waals surface area contributed by atoms with Crippen molar-refractivity contribution in [3.05, 3.63) is 41.7 Å². The summed E-state index contributed by atoms with van der Waals surface area (Å²) in [6.45, 7) is 7.85. The largest absolute Gasteiger partial charge is 0.477 e. The smallest absolute Gasteiger partial charge is 0.222 e. The lowest BCUT2D eigenvalue weighted by molar-refractivity contribution is 0.288. The third-order valence-corrected chi connectivity index (χ3v) is 6.23. The molecule has 6 heteroatoms. The predicted octanol–water partition coefficient (Wildman–Crippen LogP) is 3.19. The second-order valence-corrected chi connectivity index (χ2v) is 8.54. The molecule has 0 saturated carbocycles. The topological polar surface area (TPSA) is 62.3 Å². The van der Waals surface area contributed by atoms with Gasteiger partial charge in [-0.25, -0.2) is 4.98 Å². The van der Waals surface area contributed by atoms with E-state index in [2.05, 4.69) is 45.8 Å². The van der Waals surface area contributed by atoms with Crippen LogP contribution in [0.4, 0.5) is 0 Å². The van der Waals surface area contributed by atoms with Crippen LogP contribution in [0, 0.1) is 0 Å². The maximum atomic E-state index is 5.77. The van der Waals surface area contributed by atoms with Gasteiger partial charge in [-0.2, -0.15) is 0 Å². The number of pyridine rings is 2. The van der Waals surface area contributed by atoms with Crippen LogP contribution in [0.15, 0.2) is 30.5 Å². The van der Waals surface area contributed by atoms with Crippen molar-refractivity contribution in [3.8, 4) is 17.1 Å². The van der Waals surface area contributed by atoms with Crippen LogP contribution >= 0.6 is 0 Å². The van der Waals surface area contributed by atoms with Crippen LogP contribution in [0.5, 0.6) is 5.88 Å². The first-order chi connectivity index (χ1) is 14.7. The molecule has 0 radical (unpaired) electrons. The fraction of sp³-hybridized carbons (Fsp3) is 0.583. The van der Waals surface area contributed by atoms with Gasteiger partial charge in [0.15, 0.2) is 0 Å². The molecule has 2 fully saturated rings. The summed E-state index contributed by atoms with van der Waals surface area (Å²) >= 11 is 0. The van der Waals surface area contributed by atoms with Crippen LogP contribution in [0.2, 0.25) is 0 Å². The van der Waals surface area contributed by atoms with Crippen LogP contribution in [0.25, 0.3) is 11.3 Å². The van der Waals surface area contributed by atoms with Crippen LogP contribution in [0.3, 0.4) is 0 Å². The minimum absolute atomic E-state index is 0.584. The van der Waals surface area contributed by atoms with E-state index in [0.717, 1.165) is 44.0 Å². The zero-order valence-electron chi connectivity index (χ0n) is 18.4. The molecule has 4 heterocycles. The minimum Gasteiger partial charge on any atom is -0.477 e. The van der Waals surface area contributed by atoms with Gasteiger partial charge in [-0.3, -0.25) is 9.88 Å². The number of nitrogens with one attached hydrogen (secondary N) is 2. The number of rotatable bonds is 8. The number of nitrogens with zero attached hydrogens (tertiary/aromatic N) is 3. The monoisotopic (exact) mass is 409 g/mol. The first kappa shape index (κ1) is 21.2. The van der Waals surface area contributed by atoms with Gasteiger partial charge in [-0.1, -0.05) is 6.07 Å². The van der Waals surface area contributed by atoms with Gasteiger partial charge in [0.25, 0.3) is 0 Å². The molecule has 2 aromatic heterocycles. The molecule has 2 aliphatic rings. The van der Waals surface area contributed by atoms with Crippen molar-refractivity contribution in [1.29, 1.82) is 0 Å². The van der Waals surface area contributed by atoms with E-state index >= 15 is 0 Å². The molecule has 162 valence electrons. The molecule has 0 bridgehead atoms. The summed E-state index contributed by atoms with van der Waals surface area (Å²) in [4.78, 5) is 12.0. The number of likely N-dealkylation sites (N-methyl/N-ethyl adjacent to an activating group) is 1. The maximum absolute atomic E-state index is 5.77. The van der Waals surface area contributed by atoms with E-state index in [1.807, 2.05) is 13.0 Å². The Labute approximate surface area is 180 Å². The lowest BCUT2D eigenvalue weighted by atomic mass is 9.88. The molecule has 30 heavy (non-hydrogen) atoms. The highest BCUT2D eigenvalue weighted by Crippen LogP contribution is 2.32. The van der Waals surface area contributed by atoms with Gasteiger partial charge in [0.2, 0.25) is 5.88 Å². The van der Waals surface area contributed by atoms with Crippen molar-refractivity contribution in [1.82, 2.24) is 25.5 Å². The maximum Gasteiger partial charge on any atom is 0.222 e. The number of aromatic nitrogens is 2. The van der Waals surface area contributed by atoms with Gasteiger partial charge in [-0.05, 0) is 89.0 Å². The SMILES string of the molecule is CCOc1ncccc1-c1ccc(C2CCNCC2)c(CN(C)CC2CCCN2)n1. The van der Waals surface area contributed by atoms with E-state index in [4.69, 9.17) is 9.72 Å². The Morgan fingerprint density at radius 3 is 2.77 bits per heavy atom. The van der Waals surface area contributed by atoms with Crippen molar-refractivity contribution in [2.75, 3.05) is 39.8 Å². The fourth-order valence-electron chi connectivity index (χ4n) is 4.74. The molecule has 0 aromatic carbocycles. The second kappa shape index (κ2) is 10.3. The highest BCUT2D eigenvalue weighted by atomic mass is 16.5. The van der Waals surface area contributed by atoms with Gasteiger partial charge in [0.1, 0.15) is 0 Å². The quantitative estimate of drug-likeness (QED) is 0.698. The van der Waals surface area contributed by atoms with Gasteiger partial charge in [0, 0.05) is 25.3 Å². The van der Waals surface area contributed by atoms with Crippen LogP contribution < -0.4 is 15.4 Å². The molecule has 0 amide bonds. The summed E-state index contributed by atoms with van der Waals surface area (Å²) in [5.74, 6) is 1.25. The van der Waals surface area contributed by atoms with E-state index in [0.29, 0.717) is 24.4 Å². The van der Waals surface area contributed by atoms with Crippen molar-refractivity contribution in [2.45, 2.75) is 51.1 Å². The van der Waals surface area contributed by atoms with Gasteiger partial charge < -0.3 is 15.4 Å². The molecule has 0 spiro atoms. The predicted molar refractivity (Wildman–Crippen MR) is 121 cm³/mol. The number of hydrogen-bond acceptors (Lipinski definition) is 6. The molecule has 6 nitrogen and oxygen atoms in total. The van der Waals surface area contributed by atoms with Crippen molar-refractivity contribution >= 4 is 0 Å². The molecule has 2 N–H and O–H groups in total. The summed E-state index contributed by atoms with van der Waals surface area (Å²) in [7, 11) is 2.22. The molecule has 1 unspecified atom stereocenters. The highest BCUT2D eigenvalue weighted by Gasteiger charge is 2.22. The van der Waals surface area contributed by atoms with E-state index in [-0.39, 0.29) is 0 Å². The third-order valence-electron chi connectivity index (χ3n) is 6.23. The van der Waals surface area contributed by atoms with Crippen LogP contribution in [-0.4, -0.2) is 60.7 Å². The Bertz CT molecular complexity index is 815. The minimum atomic E-state index is 0.584. The average Bonchev–Trinajstić information content (AvgIpc) is 3.28. The normalized spacial score (nSPS) is 20.0. The van der Waals surface area contributed by atoms with E-state index in [1.165, 1.54) is 36.9 Å². The Morgan fingerprint density at radius 2 is 2.00 bits per heavy atom. The average molecular weight is 410 g/mol. The number of piperidine rings is 1. The van der Waals surface area contributed by atoms with Crippen molar-refractivity contribution in [3.63, 3.8) is 0 Å². The Balaban J connectivity index is 1.62. The van der Waals surface area contributed by atoms with Crippen molar-refractivity contribution in [2.24, 2.45) is 0 Å². The molecule has 2 aromatic rings. The van der Waals surface area contributed by atoms with E-state index in [9.17, 15) is 0 Å². The summed E-state index contributed by atoms with van der Waals surface area (Å²) < 4.78 is 5.77. The molecule has 2 saturated heterocycles. The zero-order valence-corrected chi connectivity index (χ0v) is 18.4. The Kier molecular flexibility index (Phi) is 7.31. The van der Waals surface area contributed by atoms with Crippen LogP contribution in [0.1, 0.15) is 49.8 Å². The summed E-state index contributed by atoms with van der Waals surface area (Å²) in [5, 5.41) is 7.10. The standard InChI is InChI=1S/C24H35N5O/c1-3-30-24-21(7-5-13-27-24)22-9-8-20(18-10-14-25-15-11-18)23(28-22)17-29(2)16-19-6-4-12-26-19/h5,7-9,13,18-19,25-26H,3-4,6,10-12,14-17H2,1-2H3. The molecule has 0 aliphatic carbocycles. The van der Waals surface area contributed by atoms with Crippen molar-refractivity contribution < 1.29 is 4.74 Å². The van der Waals surface area contributed by atoms with Gasteiger partial charge in [-0.15, -0.1) is 0 Å². The molecule has 2 aliphatic heterocycles. The Hall–Kier alpha value is -2.02. The van der Waals surface area contributed by atoms with Gasteiger partial charge in [0.05, 0.1) is 23.6 Å². The molecular formula is C24H35N5O. The molecule has 1 atom stereocenters. The number of hydrogen-bond donors (Lipinski definition) is 2. The summed E-state index contributed by atoms with van der Waals surface area (Å²) in [6, 6.07) is 9.07. The molecular weight excluding hydrogens is 374 g/mol. The fourth-order valence-corrected chi connectivity index (χ4v) is 4.74. The van der Waals surface area contributed by atoms with E-state index in [1.54, 1.807) is 6.20 Å². The lowest BCUT2D eigenvalue weighted by Gasteiger charge is -2.27. The van der Waals surface area contributed by atoms with Crippen LogP contribution in [-0.2, 0) is 6.54 Å². The van der Waals surface area contributed by atoms with E-state index < -0.39 is 0 Å². The second-order valence-electron chi connectivity index (χ2n) is 8.54. The summed E-state index contributed by atoms with van der Waals surface area (Å²) in [5.41, 5.74) is 4.53. The zero-order chi connectivity index (χ0) is 20.8. The first-order valence-electron chi connectivity index (χ1n) is 11.4. The van der Waals surface area contributed by atoms with Gasteiger partial charge >= 0.3 is 0 Å². The number of ether oxygens (including phenoxy) is 1. The highest BCUT2D eigenvalue weighted by molar-refractivity contribution is 5.65. The summed E-state index contributed by atoms with van der Waals surface area (Å²) in [6.07, 6.45) is 6.69. The lowest BCUT2D eigenvalue weighted by Crippen LogP contribution is -2.35. The third kappa shape index (κ3) is 5.17.